The molecule has 0 atom stereocenters. The Morgan fingerprint density at radius 3 is 2.33 bits per heavy atom. The van der Waals surface area contributed by atoms with Crippen LogP contribution in [0.15, 0.2) is 66.7 Å². The average molecular weight is 444 g/mol. The van der Waals surface area contributed by atoms with Crippen LogP contribution in [0.5, 0.6) is 5.75 Å². The van der Waals surface area contributed by atoms with Gasteiger partial charge in [0.15, 0.2) is 0 Å². The summed E-state index contributed by atoms with van der Waals surface area (Å²) in [6, 6.07) is 20.9. The van der Waals surface area contributed by atoms with Gasteiger partial charge in [0.2, 0.25) is 0 Å². The molecule has 6 heteroatoms. The first-order valence-corrected chi connectivity index (χ1v) is 11.1. The van der Waals surface area contributed by atoms with Gasteiger partial charge in [-0.1, -0.05) is 35.9 Å². The molecule has 0 saturated carbocycles. The Balaban J connectivity index is 1.55. The van der Waals surface area contributed by atoms with Crippen molar-refractivity contribution in [3.05, 3.63) is 89.0 Å². The van der Waals surface area contributed by atoms with E-state index in [-0.39, 0.29) is 11.9 Å². The minimum Gasteiger partial charge on any atom is -0.497 e. The predicted molar refractivity (Wildman–Crippen MR) is 131 cm³/mol. The molecule has 3 aromatic carbocycles. The zero-order valence-corrected chi connectivity index (χ0v) is 19.3. The molecule has 1 aliphatic heterocycles. The van der Waals surface area contributed by atoms with E-state index in [4.69, 9.17) is 4.74 Å². The molecule has 1 fully saturated rings. The highest BCUT2D eigenvalue weighted by Gasteiger charge is 2.28. The van der Waals surface area contributed by atoms with Gasteiger partial charge in [-0.15, -0.1) is 0 Å². The molecule has 1 N–H and O–H groups in total. The van der Waals surface area contributed by atoms with Crippen LogP contribution < -0.4 is 15.0 Å². The number of hydrogen-bond donors (Lipinski definition) is 1. The van der Waals surface area contributed by atoms with Crippen LogP contribution in [0.25, 0.3) is 0 Å². The summed E-state index contributed by atoms with van der Waals surface area (Å²) in [5.74, 6) is 0.459. The summed E-state index contributed by atoms with van der Waals surface area (Å²) in [6.07, 6.45) is 0.858. The summed E-state index contributed by atoms with van der Waals surface area (Å²) in [7, 11) is 1.59. The van der Waals surface area contributed by atoms with Gasteiger partial charge in [-0.05, 0) is 67.8 Å². The molecular formula is C27H29N3O3. The van der Waals surface area contributed by atoms with Crippen LogP contribution in [0.1, 0.15) is 33.5 Å². The summed E-state index contributed by atoms with van der Waals surface area (Å²) in [5.41, 5.74) is 5.16. The number of benzene rings is 3. The number of ether oxygens (including phenoxy) is 1. The van der Waals surface area contributed by atoms with Crippen molar-refractivity contribution in [2.45, 2.75) is 26.8 Å². The first kappa shape index (κ1) is 22.4. The number of rotatable bonds is 6. The molecule has 0 aromatic heterocycles. The van der Waals surface area contributed by atoms with E-state index in [0.29, 0.717) is 42.3 Å². The van der Waals surface area contributed by atoms with Crippen LogP contribution in [0, 0.1) is 13.8 Å². The SMILES string of the molecule is COc1ccc(C(=O)Nc2cc(C)ccc2N2CCCN(Cc3ccc(C)cc3)C2=O)cc1. The van der Waals surface area contributed by atoms with Gasteiger partial charge in [-0.25, -0.2) is 4.79 Å². The fourth-order valence-electron chi connectivity index (χ4n) is 3.99. The van der Waals surface area contributed by atoms with Gasteiger partial charge in [0, 0.05) is 25.2 Å². The van der Waals surface area contributed by atoms with Gasteiger partial charge in [0.05, 0.1) is 18.5 Å². The molecule has 3 aromatic rings. The van der Waals surface area contributed by atoms with E-state index in [1.807, 2.05) is 30.0 Å². The van der Waals surface area contributed by atoms with Gasteiger partial charge in [-0.2, -0.15) is 0 Å². The zero-order valence-electron chi connectivity index (χ0n) is 19.3. The number of methoxy groups -OCH3 is 1. The second-order valence-electron chi connectivity index (χ2n) is 8.40. The number of nitrogens with one attached hydrogen (secondary N) is 1. The van der Waals surface area contributed by atoms with Crippen molar-refractivity contribution >= 4 is 23.3 Å². The first-order valence-electron chi connectivity index (χ1n) is 11.1. The number of urea groups is 1. The number of carbonyl (C=O) groups excluding carboxylic acids is 2. The molecule has 4 rings (SSSR count). The average Bonchev–Trinajstić information content (AvgIpc) is 2.82. The summed E-state index contributed by atoms with van der Waals surface area (Å²) in [4.78, 5) is 29.9. The molecule has 6 nitrogen and oxygen atoms in total. The van der Waals surface area contributed by atoms with Gasteiger partial charge in [0.1, 0.15) is 5.75 Å². The number of carbonyl (C=O) groups is 2. The molecule has 0 unspecified atom stereocenters. The Morgan fingerprint density at radius 2 is 1.64 bits per heavy atom. The Hall–Kier alpha value is -3.80. The first-order chi connectivity index (χ1) is 15.9. The molecule has 3 amide bonds. The van der Waals surface area contributed by atoms with E-state index in [1.54, 1.807) is 36.3 Å². The van der Waals surface area contributed by atoms with Crippen molar-refractivity contribution in [3.63, 3.8) is 0 Å². The molecule has 0 bridgehead atoms. The third-order valence-corrected chi connectivity index (χ3v) is 5.85. The van der Waals surface area contributed by atoms with Gasteiger partial charge in [-0.3, -0.25) is 9.69 Å². The Bertz CT molecular complexity index is 1140. The molecule has 170 valence electrons. The summed E-state index contributed by atoms with van der Waals surface area (Å²) < 4.78 is 5.17. The number of anilines is 2. The maximum absolute atomic E-state index is 13.4. The molecule has 33 heavy (non-hydrogen) atoms. The number of nitrogens with zero attached hydrogens (tertiary/aromatic N) is 2. The Labute approximate surface area is 194 Å². The molecule has 1 saturated heterocycles. The summed E-state index contributed by atoms with van der Waals surface area (Å²) >= 11 is 0. The quantitative estimate of drug-likeness (QED) is 0.555. The van der Waals surface area contributed by atoms with E-state index in [1.165, 1.54) is 5.56 Å². The van der Waals surface area contributed by atoms with Crippen LogP contribution in [0.4, 0.5) is 16.2 Å². The fraction of sp³-hybridized carbons (Fsp3) is 0.259. The van der Waals surface area contributed by atoms with Crippen molar-refractivity contribution in [1.29, 1.82) is 0 Å². The van der Waals surface area contributed by atoms with E-state index < -0.39 is 0 Å². The summed E-state index contributed by atoms with van der Waals surface area (Å²) in [6.45, 7) is 5.90. The molecular weight excluding hydrogens is 414 g/mol. The van der Waals surface area contributed by atoms with Gasteiger partial charge < -0.3 is 15.0 Å². The Morgan fingerprint density at radius 1 is 0.939 bits per heavy atom. The van der Waals surface area contributed by atoms with E-state index >= 15 is 0 Å². The maximum atomic E-state index is 13.4. The van der Waals surface area contributed by atoms with Crippen molar-refractivity contribution in [3.8, 4) is 5.75 Å². The minimum absolute atomic E-state index is 0.0503. The van der Waals surface area contributed by atoms with Crippen molar-refractivity contribution in [2.24, 2.45) is 0 Å². The highest BCUT2D eigenvalue weighted by molar-refractivity contribution is 6.07. The van der Waals surface area contributed by atoms with Crippen LogP contribution in [-0.2, 0) is 6.54 Å². The largest absolute Gasteiger partial charge is 0.497 e. The van der Waals surface area contributed by atoms with E-state index in [2.05, 4.69) is 36.5 Å². The van der Waals surface area contributed by atoms with Crippen LogP contribution in [0.2, 0.25) is 0 Å². The maximum Gasteiger partial charge on any atom is 0.324 e. The molecule has 1 heterocycles. The lowest BCUT2D eigenvalue weighted by Crippen LogP contribution is -2.49. The highest BCUT2D eigenvalue weighted by Crippen LogP contribution is 2.31. The topological polar surface area (TPSA) is 61.9 Å². The number of amides is 3. The third kappa shape index (κ3) is 5.17. The lowest BCUT2D eigenvalue weighted by Gasteiger charge is -2.36. The number of hydrogen-bond acceptors (Lipinski definition) is 3. The standard InChI is InChI=1S/C27H29N3O3/c1-19-5-8-21(9-6-19)18-29-15-4-16-30(27(29)32)25-14-7-20(2)17-24(25)28-26(31)22-10-12-23(33-3)13-11-22/h5-14,17H,4,15-16,18H2,1-3H3,(H,28,31). The molecule has 0 radical (unpaired) electrons. The summed E-state index contributed by atoms with van der Waals surface area (Å²) in [5, 5.41) is 3.00. The monoisotopic (exact) mass is 443 g/mol. The highest BCUT2D eigenvalue weighted by atomic mass is 16.5. The van der Waals surface area contributed by atoms with Crippen molar-refractivity contribution in [1.82, 2.24) is 4.90 Å². The van der Waals surface area contributed by atoms with Crippen molar-refractivity contribution in [2.75, 3.05) is 30.4 Å². The lowest BCUT2D eigenvalue weighted by atomic mass is 10.1. The predicted octanol–water partition coefficient (Wildman–Crippen LogP) is 5.40. The van der Waals surface area contributed by atoms with E-state index in [9.17, 15) is 9.59 Å². The van der Waals surface area contributed by atoms with Crippen molar-refractivity contribution < 1.29 is 14.3 Å². The smallest absolute Gasteiger partial charge is 0.324 e. The lowest BCUT2D eigenvalue weighted by molar-refractivity contribution is 0.102. The Kier molecular flexibility index (Phi) is 6.63. The minimum atomic E-state index is -0.231. The fourth-order valence-corrected chi connectivity index (χ4v) is 3.99. The second kappa shape index (κ2) is 9.77. The van der Waals surface area contributed by atoms with Crippen LogP contribution >= 0.6 is 0 Å². The normalized spacial score (nSPS) is 13.7. The van der Waals surface area contributed by atoms with Crippen LogP contribution in [0.3, 0.4) is 0 Å². The van der Waals surface area contributed by atoms with Gasteiger partial charge in [0.25, 0.3) is 5.91 Å². The molecule has 0 aliphatic carbocycles. The molecule has 1 aliphatic rings. The van der Waals surface area contributed by atoms with Crippen LogP contribution in [-0.4, -0.2) is 37.0 Å². The van der Waals surface area contributed by atoms with E-state index in [0.717, 1.165) is 17.5 Å². The molecule has 0 spiro atoms. The second-order valence-corrected chi connectivity index (χ2v) is 8.40. The third-order valence-electron chi connectivity index (χ3n) is 5.85. The van der Waals surface area contributed by atoms with Gasteiger partial charge >= 0.3 is 6.03 Å². The number of aryl methyl sites for hydroxylation is 2. The zero-order chi connectivity index (χ0) is 23.4.